The van der Waals surface area contributed by atoms with Crippen molar-refractivity contribution in [1.29, 1.82) is 0 Å². The SMILES string of the molecule is O=C(O)C1(C2CC(F)(F)C2)CCC(O)CC1. The highest BCUT2D eigenvalue weighted by molar-refractivity contribution is 5.75. The summed E-state index contributed by atoms with van der Waals surface area (Å²) < 4.78 is 25.6. The minimum Gasteiger partial charge on any atom is -0.481 e. The third-order valence-electron chi connectivity index (χ3n) is 4.14. The molecule has 92 valence electrons. The molecule has 2 fully saturated rings. The number of alkyl halides is 2. The zero-order valence-corrected chi connectivity index (χ0v) is 8.96. The van der Waals surface area contributed by atoms with Gasteiger partial charge in [0.25, 0.3) is 0 Å². The van der Waals surface area contributed by atoms with Gasteiger partial charge in [0.1, 0.15) is 0 Å². The number of aliphatic carboxylic acids is 1. The average molecular weight is 234 g/mol. The summed E-state index contributed by atoms with van der Waals surface area (Å²) in [6, 6.07) is 0. The van der Waals surface area contributed by atoms with Crippen molar-refractivity contribution in [2.24, 2.45) is 11.3 Å². The first kappa shape index (κ1) is 11.8. The minimum absolute atomic E-state index is 0.310. The van der Waals surface area contributed by atoms with Crippen LogP contribution >= 0.6 is 0 Å². The van der Waals surface area contributed by atoms with Crippen LogP contribution in [0.3, 0.4) is 0 Å². The number of carboxylic acid groups (broad SMARTS) is 1. The molecule has 0 radical (unpaired) electrons. The predicted octanol–water partition coefficient (Wildman–Crippen LogP) is 2.04. The number of halogens is 2. The monoisotopic (exact) mass is 234 g/mol. The molecule has 2 aliphatic carbocycles. The Kier molecular flexibility index (Phi) is 2.69. The molecule has 0 aromatic rings. The van der Waals surface area contributed by atoms with Gasteiger partial charge in [0.05, 0.1) is 11.5 Å². The molecule has 2 rings (SSSR count). The second-order valence-electron chi connectivity index (χ2n) is 5.15. The van der Waals surface area contributed by atoms with Gasteiger partial charge < -0.3 is 10.2 Å². The Morgan fingerprint density at radius 3 is 2.06 bits per heavy atom. The van der Waals surface area contributed by atoms with Gasteiger partial charge in [0, 0.05) is 12.8 Å². The van der Waals surface area contributed by atoms with Crippen molar-refractivity contribution in [1.82, 2.24) is 0 Å². The van der Waals surface area contributed by atoms with Crippen molar-refractivity contribution in [2.45, 2.75) is 50.6 Å². The van der Waals surface area contributed by atoms with Crippen LogP contribution in [-0.2, 0) is 4.79 Å². The molecule has 16 heavy (non-hydrogen) atoms. The van der Waals surface area contributed by atoms with E-state index >= 15 is 0 Å². The van der Waals surface area contributed by atoms with Crippen LogP contribution in [0.1, 0.15) is 38.5 Å². The maximum absolute atomic E-state index is 12.8. The number of rotatable bonds is 2. The first-order valence-corrected chi connectivity index (χ1v) is 5.65. The summed E-state index contributed by atoms with van der Waals surface area (Å²) in [6.45, 7) is 0. The summed E-state index contributed by atoms with van der Waals surface area (Å²) in [5.74, 6) is -4.07. The molecular weight excluding hydrogens is 218 g/mol. The van der Waals surface area contributed by atoms with Gasteiger partial charge in [0.2, 0.25) is 5.92 Å². The third kappa shape index (κ3) is 1.81. The quantitative estimate of drug-likeness (QED) is 0.768. The summed E-state index contributed by atoms with van der Waals surface area (Å²) in [6.07, 6.45) is 0.384. The Morgan fingerprint density at radius 2 is 1.69 bits per heavy atom. The summed E-state index contributed by atoms with van der Waals surface area (Å²) in [4.78, 5) is 11.3. The van der Waals surface area contributed by atoms with Crippen LogP contribution in [0.5, 0.6) is 0 Å². The normalized spacial score (nSPS) is 39.1. The highest BCUT2D eigenvalue weighted by Crippen LogP contribution is 2.56. The van der Waals surface area contributed by atoms with E-state index in [0.29, 0.717) is 25.7 Å². The fraction of sp³-hybridized carbons (Fsp3) is 0.909. The zero-order chi connectivity index (χ0) is 12.0. The van der Waals surface area contributed by atoms with Crippen molar-refractivity contribution >= 4 is 5.97 Å². The van der Waals surface area contributed by atoms with E-state index in [9.17, 15) is 23.8 Å². The molecule has 0 unspecified atom stereocenters. The lowest BCUT2D eigenvalue weighted by molar-refractivity contribution is -0.185. The Labute approximate surface area is 92.5 Å². The van der Waals surface area contributed by atoms with Gasteiger partial charge in [-0.15, -0.1) is 0 Å². The van der Waals surface area contributed by atoms with E-state index in [1.807, 2.05) is 0 Å². The topological polar surface area (TPSA) is 57.5 Å². The largest absolute Gasteiger partial charge is 0.481 e. The molecular formula is C11H16F2O3. The maximum atomic E-state index is 12.8. The number of aliphatic hydroxyl groups excluding tert-OH is 1. The summed E-state index contributed by atoms with van der Waals surface area (Å²) >= 11 is 0. The summed E-state index contributed by atoms with van der Waals surface area (Å²) in [5.41, 5.74) is -1.01. The van der Waals surface area contributed by atoms with Crippen LogP contribution in [0.4, 0.5) is 8.78 Å². The van der Waals surface area contributed by atoms with Gasteiger partial charge in [0.15, 0.2) is 0 Å². The van der Waals surface area contributed by atoms with Gasteiger partial charge in [-0.05, 0) is 31.6 Å². The van der Waals surface area contributed by atoms with Crippen LogP contribution in [0.25, 0.3) is 0 Å². The molecule has 0 heterocycles. The van der Waals surface area contributed by atoms with Crippen LogP contribution < -0.4 is 0 Å². The van der Waals surface area contributed by atoms with E-state index < -0.39 is 29.3 Å². The van der Waals surface area contributed by atoms with E-state index in [4.69, 9.17) is 0 Å². The Morgan fingerprint density at radius 1 is 1.19 bits per heavy atom. The van der Waals surface area contributed by atoms with E-state index in [1.165, 1.54) is 0 Å². The van der Waals surface area contributed by atoms with E-state index in [1.54, 1.807) is 0 Å². The van der Waals surface area contributed by atoms with E-state index in [2.05, 4.69) is 0 Å². The molecule has 0 aliphatic heterocycles. The van der Waals surface area contributed by atoms with Crippen molar-refractivity contribution in [3.63, 3.8) is 0 Å². The molecule has 0 spiro atoms. The molecule has 0 bridgehead atoms. The van der Waals surface area contributed by atoms with Crippen LogP contribution in [-0.4, -0.2) is 28.2 Å². The van der Waals surface area contributed by atoms with E-state index in [0.717, 1.165) is 0 Å². The molecule has 2 aliphatic rings. The number of aliphatic hydroxyl groups is 1. The lowest BCUT2D eigenvalue weighted by Gasteiger charge is -2.48. The lowest BCUT2D eigenvalue weighted by Crippen LogP contribution is -2.51. The van der Waals surface area contributed by atoms with Gasteiger partial charge in [-0.25, -0.2) is 8.78 Å². The highest BCUT2D eigenvalue weighted by atomic mass is 19.3. The predicted molar refractivity (Wildman–Crippen MR) is 52.2 cm³/mol. The Bertz CT molecular complexity index is 288. The molecule has 3 nitrogen and oxygen atoms in total. The molecule has 0 aromatic heterocycles. The number of carboxylic acids is 1. The summed E-state index contributed by atoms with van der Waals surface area (Å²) in [5, 5.41) is 18.6. The van der Waals surface area contributed by atoms with Gasteiger partial charge in [-0.3, -0.25) is 4.79 Å². The second kappa shape index (κ2) is 3.65. The fourth-order valence-electron chi connectivity index (χ4n) is 2.97. The first-order chi connectivity index (χ1) is 7.36. The van der Waals surface area contributed by atoms with Crippen molar-refractivity contribution in [2.75, 3.05) is 0 Å². The maximum Gasteiger partial charge on any atom is 0.309 e. The number of hydrogen-bond donors (Lipinski definition) is 2. The van der Waals surface area contributed by atoms with Gasteiger partial charge in [-0.2, -0.15) is 0 Å². The minimum atomic E-state index is -2.68. The van der Waals surface area contributed by atoms with Crippen LogP contribution in [0.2, 0.25) is 0 Å². The standard InChI is InChI=1S/C11H16F2O3/c12-11(13)5-7(6-11)10(9(15)16)3-1-8(14)2-4-10/h7-8,14H,1-6H2,(H,15,16). The third-order valence-corrected chi connectivity index (χ3v) is 4.14. The Balaban J connectivity index is 2.09. The smallest absolute Gasteiger partial charge is 0.309 e. The zero-order valence-electron chi connectivity index (χ0n) is 8.96. The molecule has 2 N–H and O–H groups in total. The number of hydrogen-bond acceptors (Lipinski definition) is 2. The molecule has 0 amide bonds. The van der Waals surface area contributed by atoms with E-state index in [-0.39, 0.29) is 12.8 Å². The molecule has 0 saturated heterocycles. The second-order valence-corrected chi connectivity index (χ2v) is 5.15. The Hall–Kier alpha value is -0.710. The molecule has 0 atom stereocenters. The molecule has 0 aromatic carbocycles. The highest BCUT2D eigenvalue weighted by Gasteiger charge is 2.58. The average Bonchev–Trinajstić information content (AvgIpc) is 2.15. The van der Waals surface area contributed by atoms with Crippen LogP contribution in [0.15, 0.2) is 0 Å². The molecule has 5 heteroatoms. The van der Waals surface area contributed by atoms with Crippen molar-refractivity contribution < 1.29 is 23.8 Å². The van der Waals surface area contributed by atoms with Gasteiger partial charge >= 0.3 is 5.97 Å². The van der Waals surface area contributed by atoms with Crippen molar-refractivity contribution in [3.8, 4) is 0 Å². The fourth-order valence-corrected chi connectivity index (χ4v) is 2.97. The number of carbonyl (C=O) groups is 1. The van der Waals surface area contributed by atoms with Crippen LogP contribution in [0, 0.1) is 11.3 Å². The lowest BCUT2D eigenvalue weighted by atomic mass is 9.57. The first-order valence-electron chi connectivity index (χ1n) is 5.65. The van der Waals surface area contributed by atoms with Gasteiger partial charge in [-0.1, -0.05) is 0 Å². The summed E-state index contributed by atoms with van der Waals surface area (Å²) in [7, 11) is 0. The molecule has 2 saturated carbocycles. The van der Waals surface area contributed by atoms with Crippen molar-refractivity contribution in [3.05, 3.63) is 0 Å².